The second-order valence-electron chi connectivity index (χ2n) is 7.49. The van der Waals surface area contributed by atoms with Crippen LogP contribution in [0.4, 0.5) is 0 Å². The Balaban J connectivity index is 3.67. The molecule has 162 valence electrons. The van der Waals surface area contributed by atoms with Gasteiger partial charge in [-0.05, 0) is 53.9 Å². The molecule has 0 saturated carbocycles. The zero-order valence-electron chi connectivity index (χ0n) is 18.8. The van der Waals surface area contributed by atoms with Gasteiger partial charge in [0.15, 0.2) is 0 Å². The fourth-order valence-corrected chi connectivity index (χ4v) is 3.83. The van der Waals surface area contributed by atoms with E-state index in [-0.39, 0.29) is 5.92 Å². The zero-order valence-corrected chi connectivity index (χ0v) is 19.6. The molecule has 0 bridgehead atoms. The maximum atomic E-state index is 12.0. The molecular formula is C24H38N2O2S. The molecule has 0 fully saturated rings. The van der Waals surface area contributed by atoms with E-state index in [1.165, 1.54) is 5.57 Å². The summed E-state index contributed by atoms with van der Waals surface area (Å²) in [6, 6.07) is 4.07. The maximum absolute atomic E-state index is 12.0. The molecule has 0 aliphatic rings. The van der Waals surface area contributed by atoms with Crippen molar-refractivity contribution in [2.24, 2.45) is 5.92 Å². The molecule has 0 spiro atoms. The van der Waals surface area contributed by atoms with Crippen molar-refractivity contribution in [1.29, 1.82) is 0 Å². The van der Waals surface area contributed by atoms with Crippen molar-refractivity contribution >= 4 is 23.3 Å². The highest BCUT2D eigenvalue weighted by molar-refractivity contribution is 7.99. The van der Waals surface area contributed by atoms with E-state index in [0.717, 1.165) is 61.5 Å². The number of carbonyl (C=O) groups is 1. The number of unbranched alkanes of at least 4 members (excludes halogenated alkanes) is 2. The van der Waals surface area contributed by atoms with E-state index >= 15 is 0 Å². The van der Waals surface area contributed by atoms with E-state index < -0.39 is 5.97 Å². The number of nitrogens with zero attached hydrogens (tertiary/aromatic N) is 2. The quantitative estimate of drug-likeness (QED) is 0.291. The summed E-state index contributed by atoms with van der Waals surface area (Å²) in [5.41, 5.74) is 3.85. The molecule has 1 aromatic rings. The molecule has 0 saturated heterocycles. The summed E-state index contributed by atoms with van der Waals surface area (Å²) < 4.78 is 0. The molecule has 0 amide bonds. The number of thioether (sulfide) groups is 1. The Bertz CT molecular complexity index is 661. The van der Waals surface area contributed by atoms with Gasteiger partial charge in [-0.3, -0.25) is 4.98 Å². The number of pyridine rings is 1. The van der Waals surface area contributed by atoms with Gasteiger partial charge in [0.1, 0.15) is 0 Å². The summed E-state index contributed by atoms with van der Waals surface area (Å²) in [5, 5.41) is 9.83. The number of carboxylic acid groups (broad SMARTS) is 1. The van der Waals surface area contributed by atoms with E-state index in [0.29, 0.717) is 5.57 Å². The highest BCUT2D eigenvalue weighted by Crippen LogP contribution is 2.29. The topological polar surface area (TPSA) is 53.4 Å². The normalized spacial score (nSPS) is 12.8. The number of hydrogen-bond acceptors (Lipinski definition) is 4. The van der Waals surface area contributed by atoms with Gasteiger partial charge in [0.25, 0.3) is 0 Å². The number of hydrogen-bond donors (Lipinski definition) is 1. The third-order valence-corrected chi connectivity index (χ3v) is 5.75. The third-order valence-electron chi connectivity index (χ3n) is 4.85. The van der Waals surface area contributed by atoms with Crippen LogP contribution >= 0.6 is 11.8 Å². The first-order valence-electron chi connectivity index (χ1n) is 10.9. The van der Waals surface area contributed by atoms with Gasteiger partial charge in [-0.15, -0.1) is 0 Å². The van der Waals surface area contributed by atoms with Gasteiger partial charge in [0.05, 0.1) is 0 Å². The molecule has 1 rings (SSSR count). The second-order valence-corrected chi connectivity index (χ2v) is 8.76. The van der Waals surface area contributed by atoms with E-state index in [1.807, 2.05) is 56.2 Å². The highest BCUT2D eigenvalue weighted by atomic mass is 32.2. The van der Waals surface area contributed by atoms with Crippen LogP contribution in [0, 0.1) is 5.92 Å². The molecule has 1 aromatic heterocycles. The third kappa shape index (κ3) is 8.65. The highest BCUT2D eigenvalue weighted by Gasteiger charge is 2.19. The lowest BCUT2D eigenvalue weighted by molar-refractivity contribution is -0.133. The zero-order chi connectivity index (χ0) is 21.6. The predicted molar refractivity (Wildman–Crippen MR) is 126 cm³/mol. The lowest BCUT2D eigenvalue weighted by Crippen LogP contribution is -2.27. The first kappa shape index (κ1) is 25.3. The lowest BCUT2D eigenvalue weighted by Gasteiger charge is -2.29. The Kier molecular flexibility index (Phi) is 12.4. The van der Waals surface area contributed by atoms with Crippen molar-refractivity contribution < 1.29 is 9.90 Å². The van der Waals surface area contributed by atoms with Crippen molar-refractivity contribution in [2.45, 2.75) is 60.3 Å². The fourth-order valence-electron chi connectivity index (χ4n) is 3.10. The summed E-state index contributed by atoms with van der Waals surface area (Å²) in [5.74, 6) is 0.997. The first-order valence-corrected chi connectivity index (χ1v) is 12.0. The SMILES string of the molecule is CCCCN(CCCC)C(/C=C(/C(=O)O)C(C)C)=C(/CSCC)c1ccncc1. The molecule has 0 aliphatic carbocycles. The molecule has 0 unspecified atom stereocenters. The molecular weight excluding hydrogens is 380 g/mol. The van der Waals surface area contributed by atoms with Gasteiger partial charge in [-0.2, -0.15) is 11.8 Å². The molecule has 0 aromatic carbocycles. The van der Waals surface area contributed by atoms with Crippen LogP contribution in [-0.2, 0) is 4.79 Å². The van der Waals surface area contributed by atoms with Crippen LogP contribution in [0.2, 0.25) is 0 Å². The van der Waals surface area contributed by atoms with Crippen LogP contribution in [0.1, 0.15) is 65.9 Å². The van der Waals surface area contributed by atoms with Crippen LogP contribution < -0.4 is 0 Å². The second kappa shape index (κ2) is 14.3. The van der Waals surface area contributed by atoms with E-state index in [4.69, 9.17) is 0 Å². The summed E-state index contributed by atoms with van der Waals surface area (Å²) in [6.45, 7) is 12.3. The van der Waals surface area contributed by atoms with Gasteiger partial charge >= 0.3 is 5.97 Å². The van der Waals surface area contributed by atoms with Gasteiger partial charge in [0, 0.05) is 42.5 Å². The van der Waals surface area contributed by atoms with Gasteiger partial charge in [-0.25, -0.2) is 4.79 Å². The largest absolute Gasteiger partial charge is 0.478 e. The number of aromatic nitrogens is 1. The Morgan fingerprint density at radius 2 is 1.72 bits per heavy atom. The summed E-state index contributed by atoms with van der Waals surface area (Å²) in [6.07, 6.45) is 9.98. The standard InChI is InChI=1S/C24H38N2O2S/c1-6-9-15-26(16-10-7-2)23(17-21(19(4)5)24(27)28)22(18-29-8-3)20-11-13-25-14-12-20/h11-14,17,19H,6-10,15-16,18H2,1-5H3,(H,27,28)/b21-17+,23-22-. The van der Waals surface area contributed by atoms with Crippen LogP contribution in [0.5, 0.6) is 0 Å². The van der Waals surface area contributed by atoms with Gasteiger partial charge in [0.2, 0.25) is 0 Å². The van der Waals surface area contributed by atoms with Crippen molar-refractivity contribution in [3.63, 3.8) is 0 Å². The minimum atomic E-state index is -0.833. The average molecular weight is 419 g/mol. The molecule has 5 heteroatoms. The maximum Gasteiger partial charge on any atom is 0.331 e. The van der Waals surface area contributed by atoms with Gasteiger partial charge in [-0.1, -0.05) is 47.5 Å². The number of aliphatic carboxylic acids is 1. The van der Waals surface area contributed by atoms with E-state index in [1.54, 1.807) is 0 Å². The van der Waals surface area contributed by atoms with E-state index in [9.17, 15) is 9.90 Å². The number of allylic oxidation sites excluding steroid dienone is 1. The molecule has 0 aliphatic heterocycles. The first-order chi connectivity index (χ1) is 14.0. The molecule has 0 radical (unpaired) electrons. The van der Waals surface area contributed by atoms with Gasteiger partial charge < -0.3 is 10.0 Å². The van der Waals surface area contributed by atoms with Crippen LogP contribution in [-0.4, -0.2) is 45.6 Å². The van der Waals surface area contributed by atoms with Crippen molar-refractivity contribution in [3.05, 3.63) is 47.4 Å². The Morgan fingerprint density at radius 1 is 1.14 bits per heavy atom. The van der Waals surface area contributed by atoms with Crippen molar-refractivity contribution in [2.75, 3.05) is 24.6 Å². The average Bonchev–Trinajstić information content (AvgIpc) is 2.71. The molecule has 1 heterocycles. The van der Waals surface area contributed by atoms with Crippen molar-refractivity contribution in [1.82, 2.24) is 9.88 Å². The monoisotopic (exact) mass is 418 g/mol. The molecule has 0 atom stereocenters. The van der Waals surface area contributed by atoms with Crippen molar-refractivity contribution in [3.8, 4) is 0 Å². The predicted octanol–water partition coefficient (Wildman–Crippen LogP) is 6.12. The Labute approximate surface area is 181 Å². The number of carboxylic acids is 1. The van der Waals surface area contributed by atoms with Crippen LogP contribution in [0.15, 0.2) is 41.9 Å². The molecule has 4 nitrogen and oxygen atoms in total. The molecule has 29 heavy (non-hydrogen) atoms. The lowest BCUT2D eigenvalue weighted by atomic mass is 9.98. The fraction of sp³-hybridized carbons (Fsp3) is 0.583. The van der Waals surface area contributed by atoms with E-state index in [2.05, 4.69) is 30.7 Å². The smallest absolute Gasteiger partial charge is 0.331 e. The summed E-state index contributed by atoms with van der Waals surface area (Å²) in [7, 11) is 0. The number of rotatable bonds is 14. The minimum absolute atomic E-state index is 0.0424. The molecule has 1 N–H and O–H groups in total. The summed E-state index contributed by atoms with van der Waals surface area (Å²) in [4.78, 5) is 18.6. The van der Waals surface area contributed by atoms with Crippen LogP contribution in [0.3, 0.4) is 0 Å². The Morgan fingerprint density at radius 3 is 2.17 bits per heavy atom. The minimum Gasteiger partial charge on any atom is -0.478 e. The Hall–Kier alpha value is -1.75. The van der Waals surface area contributed by atoms with Crippen LogP contribution in [0.25, 0.3) is 5.57 Å². The summed E-state index contributed by atoms with van der Waals surface area (Å²) >= 11 is 1.87.